The van der Waals surface area contributed by atoms with Crippen molar-refractivity contribution in [3.63, 3.8) is 0 Å². The van der Waals surface area contributed by atoms with Gasteiger partial charge in [0.25, 0.3) is 23.6 Å². The zero-order valence-electron chi connectivity index (χ0n) is 50.7. The van der Waals surface area contributed by atoms with Gasteiger partial charge in [-0.05, 0) is 38.5 Å². The Morgan fingerprint density at radius 3 is 0.827 bits per heavy atom. The van der Waals surface area contributed by atoms with Gasteiger partial charge in [0.2, 0.25) is 70.7 Å². The lowest BCUT2D eigenvalue weighted by molar-refractivity contribution is -0.142. The number of urea groups is 1. The largest absolute Gasteiger partial charge is 0.463 e. The molecule has 0 radical (unpaired) electrons. The number of ether oxygens (including phenoxy) is 2. The van der Waals surface area contributed by atoms with E-state index in [2.05, 4.69) is 91.7 Å². The van der Waals surface area contributed by atoms with Crippen LogP contribution < -0.4 is 31.9 Å². The first-order valence-electron chi connectivity index (χ1n) is 29.7. The number of hydrogen-bond acceptors (Lipinski definition) is 33. The van der Waals surface area contributed by atoms with Crippen molar-refractivity contribution in [3.8, 4) is 92.7 Å². The fraction of sp³-hybridized carbons (Fsp3) is 0.271. The molecule has 0 spiro atoms. The lowest BCUT2D eigenvalue weighted by Gasteiger charge is -2.15. The van der Waals surface area contributed by atoms with Gasteiger partial charge in [-0.25, -0.2) is 64.6 Å². The first-order valence-corrected chi connectivity index (χ1v) is 29.7. The second-order valence-corrected chi connectivity index (χ2v) is 21.5. The van der Waals surface area contributed by atoms with Crippen LogP contribution in [0.15, 0.2) is 128 Å². The van der Waals surface area contributed by atoms with Gasteiger partial charge in [-0.1, -0.05) is 0 Å². The summed E-state index contributed by atoms with van der Waals surface area (Å²) in [6, 6.07) is -4.43. The summed E-state index contributed by atoms with van der Waals surface area (Å²) in [5.74, 6) is -4.65. The molecule has 14 heterocycles. The van der Waals surface area contributed by atoms with Crippen LogP contribution in [0.1, 0.15) is 142 Å². The molecule has 0 unspecified atom stereocenters. The number of carbonyl (C=O) groups is 7. The minimum absolute atomic E-state index is 0.0247. The average molecular weight is 1350 g/mol. The van der Waals surface area contributed by atoms with Gasteiger partial charge in [0.1, 0.15) is 113 Å². The number of oxazole rings is 12. The topological polar surface area (TPSA) is 522 Å². The highest BCUT2D eigenvalue weighted by Crippen LogP contribution is 2.33. The van der Waals surface area contributed by atoms with Crippen LogP contribution in [-0.2, 0) is 19.1 Å². The Bertz CT molecular complexity index is 4600. The molecule has 6 N–H and O–H groups in total. The van der Waals surface area contributed by atoms with Crippen LogP contribution in [0.3, 0.4) is 0 Å². The summed E-state index contributed by atoms with van der Waals surface area (Å²) >= 11 is 0. The summed E-state index contributed by atoms with van der Waals surface area (Å²) in [4.78, 5) is 144. The minimum atomic E-state index is -1.11. The number of nitrogens with zero attached hydrogens (tertiary/aromatic N) is 12. The Kier molecular flexibility index (Phi) is 17.0. The third kappa shape index (κ3) is 13.7. The van der Waals surface area contributed by atoms with Crippen LogP contribution in [0.2, 0.25) is 0 Å². The van der Waals surface area contributed by atoms with Gasteiger partial charge < -0.3 is 94.4 Å². The molecular formula is C59H48N18O21. The Morgan fingerprint density at radius 2 is 0.551 bits per heavy atom. The SMILES string of the molecule is CC(=O)OC[C@@H]1NC(=O)c2coc(n2)-c2coc(n2)-c2coc(n2)[C@H](CCCCNC(=O)NCCCC[C@@H]2NC(=O)c3coc(n3)-c3coc(n3)-c3coc(n3)[C@H](COC(C)=O)NC(=O)c3coc(n3)-c3coc(n3)-c3coc2n3)NC(=O)c2coc(n2)-c2coc(n2)-c2coc1n2. The number of nitrogens with one attached hydrogen (secondary N) is 6. The van der Waals surface area contributed by atoms with E-state index in [0.717, 1.165) is 25.1 Å². The minimum Gasteiger partial charge on any atom is -0.463 e. The molecule has 14 rings (SSSR count). The maximum Gasteiger partial charge on any atom is 0.314 e. The Labute approximate surface area is 544 Å². The van der Waals surface area contributed by atoms with Crippen LogP contribution in [0.4, 0.5) is 4.79 Å². The Morgan fingerprint density at radius 1 is 0.327 bits per heavy atom. The summed E-state index contributed by atoms with van der Waals surface area (Å²) in [7, 11) is 0. The molecule has 0 aromatic carbocycles. The predicted octanol–water partition coefficient (Wildman–Crippen LogP) is 6.86. The van der Waals surface area contributed by atoms with Crippen LogP contribution in [0, 0.1) is 0 Å². The molecule has 39 heteroatoms. The van der Waals surface area contributed by atoms with E-state index in [1.807, 2.05) is 0 Å². The highest BCUT2D eigenvalue weighted by atomic mass is 16.5. The summed E-state index contributed by atoms with van der Waals surface area (Å²) in [5, 5.41) is 16.8. The molecule has 0 saturated carbocycles. The lowest BCUT2D eigenvalue weighted by Crippen LogP contribution is -2.36. The van der Waals surface area contributed by atoms with E-state index < -0.39 is 65.8 Å². The summed E-state index contributed by atoms with van der Waals surface area (Å²) in [6.45, 7) is 2.09. The second-order valence-electron chi connectivity index (χ2n) is 21.5. The van der Waals surface area contributed by atoms with Gasteiger partial charge >= 0.3 is 18.0 Å². The van der Waals surface area contributed by atoms with Crippen LogP contribution in [0.25, 0.3) is 92.7 Å². The quantitative estimate of drug-likeness (QED) is 0.0478. The number of hydrogen-bond donors (Lipinski definition) is 6. The van der Waals surface area contributed by atoms with E-state index in [-0.39, 0.29) is 178 Å². The van der Waals surface area contributed by atoms with E-state index in [0.29, 0.717) is 25.7 Å². The standard InChI is InChI=1S/C59H48N18O21/c1-25(78)85-15-33-49-72-41(23-93-49)57-76-35(21-97-57)51-66-29(11-87-51)43(80)62-27(47-70-39(17-91-47)55-74-37(19-95-55)53-68-31(13-89-53)45(82)64-33)7-3-5-9-60-59(84)61-10-6-4-8-28-48-71-40(18-92-48)56-75-38(20-96-56)54-69-32(14-90-54)46(83)65-34(16-86-26(2)79)50-73-42(24-94-50)58-77-36(22-98-58)52-67-30(12-88-52)44(81)63-28/h11-14,17-24,27-28,33-34H,3-10,15-16H2,1-2H3,(H,62,80)(H,63,81)(H,64,82)(H,65,83)(H2,60,61,84)/t27-,28-,33-,34-/m0/s1. The average Bonchev–Trinajstić information content (AvgIpc) is 1.68. The highest BCUT2D eigenvalue weighted by Gasteiger charge is 2.32. The number of carbonyl (C=O) groups excluding carboxylic acids is 7. The van der Waals surface area contributed by atoms with Gasteiger partial charge in [-0.3, -0.25) is 28.8 Å². The Balaban J connectivity index is 0.611. The van der Waals surface area contributed by atoms with Crippen molar-refractivity contribution in [2.75, 3.05) is 26.3 Å². The number of fused-ring (bicyclic) bond motifs is 32. The van der Waals surface area contributed by atoms with Crippen LogP contribution >= 0.6 is 0 Å². The molecule has 6 amide bonds. The van der Waals surface area contributed by atoms with Crippen molar-refractivity contribution < 1.29 is 96.0 Å². The number of esters is 2. The zero-order chi connectivity index (χ0) is 67.4. The van der Waals surface area contributed by atoms with Gasteiger partial charge in [-0.2, -0.15) is 0 Å². The first kappa shape index (κ1) is 62.1. The highest BCUT2D eigenvalue weighted by molar-refractivity contribution is 5.94. The molecular weight excluding hydrogens is 1300 g/mol. The van der Waals surface area contributed by atoms with Crippen molar-refractivity contribution in [2.45, 2.75) is 76.5 Å². The van der Waals surface area contributed by atoms with E-state index in [1.165, 1.54) is 64.0 Å². The van der Waals surface area contributed by atoms with Crippen molar-refractivity contribution in [1.29, 1.82) is 0 Å². The number of aromatic nitrogens is 12. The molecule has 500 valence electrons. The van der Waals surface area contributed by atoms with Gasteiger partial charge in [0.15, 0.2) is 68.3 Å². The van der Waals surface area contributed by atoms with Gasteiger partial charge in [0.05, 0.1) is 0 Å². The van der Waals surface area contributed by atoms with E-state index >= 15 is 0 Å². The predicted molar refractivity (Wildman–Crippen MR) is 313 cm³/mol. The molecule has 12 aromatic rings. The molecule has 0 fully saturated rings. The normalized spacial score (nSPS) is 16.2. The lowest BCUT2D eigenvalue weighted by atomic mass is 10.1. The van der Waals surface area contributed by atoms with Crippen LogP contribution in [-0.4, -0.2) is 128 Å². The van der Waals surface area contributed by atoms with Crippen LogP contribution in [0.5, 0.6) is 0 Å². The summed E-state index contributed by atoms with van der Waals surface area (Å²) < 4.78 is 78.5. The molecule has 2 aliphatic heterocycles. The third-order valence-electron chi connectivity index (χ3n) is 14.5. The Hall–Kier alpha value is -13.4. The van der Waals surface area contributed by atoms with Crippen molar-refractivity contribution >= 4 is 41.6 Å². The maximum absolute atomic E-state index is 13.9. The maximum atomic E-state index is 13.9. The summed E-state index contributed by atoms with van der Waals surface area (Å²) in [5.41, 5.74) is 0.145. The fourth-order valence-corrected chi connectivity index (χ4v) is 9.73. The smallest absolute Gasteiger partial charge is 0.314 e. The van der Waals surface area contributed by atoms with Gasteiger partial charge in [0, 0.05) is 26.9 Å². The number of rotatable bonds is 14. The van der Waals surface area contributed by atoms with Crippen molar-refractivity contribution in [1.82, 2.24) is 91.7 Å². The fourth-order valence-electron chi connectivity index (χ4n) is 9.73. The third-order valence-corrected chi connectivity index (χ3v) is 14.5. The van der Waals surface area contributed by atoms with E-state index in [4.69, 9.17) is 62.5 Å². The molecule has 39 nitrogen and oxygen atoms in total. The molecule has 0 saturated heterocycles. The number of amides is 6. The van der Waals surface area contributed by atoms with Crippen molar-refractivity contribution in [3.05, 3.63) is 121 Å². The number of unbranched alkanes of at least 4 members (excludes halogenated alkanes) is 2. The molecule has 12 aromatic heterocycles. The zero-order valence-corrected chi connectivity index (χ0v) is 50.7. The van der Waals surface area contributed by atoms with E-state index in [9.17, 15) is 33.6 Å². The van der Waals surface area contributed by atoms with Crippen molar-refractivity contribution in [2.24, 2.45) is 0 Å². The second kappa shape index (κ2) is 26.9. The van der Waals surface area contributed by atoms with E-state index in [1.54, 1.807) is 0 Å². The molecule has 0 aliphatic carbocycles. The molecule has 2 aliphatic rings. The molecule has 98 heavy (non-hydrogen) atoms. The molecule has 24 bridgehead atoms. The molecule has 4 atom stereocenters. The first-order chi connectivity index (χ1) is 47.7. The summed E-state index contributed by atoms with van der Waals surface area (Å²) in [6.07, 6.45) is 16.5. The van der Waals surface area contributed by atoms with Gasteiger partial charge in [-0.15, -0.1) is 0 Å². The monoisotopic (exact) mass is 1340 g/mol.